The number of nitrogens with zero attached hydrogens (tertiary/aromatic N) is 4. The van der Waals surface area contributed by atoms with Gasteiger partial charge in [-0.05, 0) is 19.8 Å². The van der Waals surface area contributed by atoms with Crippen molar-refractivity contribution >= 4 is 46.1 Å². The molecule has 1 fully saturated rings. The third-order valence-corrected chi connectivity index (χ3v) is 6.74. The Morgan fingerprint density at radius 1 is 1.14 bits per heavy atom. The molecule has 1 aliphatic rings. The Morgan fingerprint density at radius 3 is 2.62 bits per heavy atom. The number of anilines is 1. The molecule has 148 valence electrons. The van der Waals surface area contributed by atoms with Crippen LogP contribution in [0.15, 0.2) is 36.7 Å². The molecule has 7 nitrogen and oxygen atoms in total. The highest BCUT2D eigenvalue weighted by Crippen LogP contribution is 2.42. The van der Waals surface area contributed by atoms with Crippen LogP contribution in [-0.2, 0) is 4.79 Å². The molecule has 5 rings (SSSR count). The average Bonchev–Trinajstić information content (AvgIpc) is 3.10. The lowest BCUT2D eigenvalue weighted by molar-refractivity contribution is -0.117. The molecule has 0 spiro atoms. The number of aromatic amines is 1. The van der Waals surface area contributed by atoms with E-state index in [1.165, 1.54) is 22.7 Å². The summed E-state index contributed by atoms with van der Waals surface area (Å²) in [6, 6.07) is 10.00. The lowest BCUT2D eigenvalue weighted by atomic mass is 10.1. The Kier molecular flexibility index (Phi) is 5.44. The summed E-state index contributed by atoms with van der Waals surface area (Å²) in [4.78, 5) is 27.6. The van der Waals surface area contributed by atoms with Crippen LogP contribution in [0.1, 0.15) is 18.5 Å². The predicted molar refractivity (Wildman–Crippen MR) is 117 cm³/mol. The maximum atomic E-state index is 12.1. The summed E-state index contributed by atoms with van der Waals surface area (Å²) in [5, 5.41) is 11.4. The van der Waals surface area contributed by atoms with Gasteiger partial charge in [0.2, 0.25) is 5.91 Å². The zero-order chi connectivity index (χ0) is 19.1. The monoisotopic (exact) mass is 444 g/mol. The molecule has 0 aliphatic heterocycles. The Labute approximate surface area is 181 Å². The van der Waals surface area contributed by atoms with Crippen LogP contribution in [0, 0.1) is 12.8 Å². The van der Waals surface area contributed by atoms with Crippen molar-refractivity contribution in [3.63, 3.8) is 0 Å². The van der Waals surface area contributed by atoms with Crippen LogP contribution in [-0.4, -0.2) is 31.1 Å². The second-order valence-corrected chi connectivity index (χ2v) is 8.58. The maximum Gasteiger partial charge on any atom is 0.229 e. The number of hydrogen-bond donors (Lipinski definition) is 2. The van der Waals surface area contributed by atoms with Crippen LogP contribution >= 0.6 is 35.1 Å². The summed E-state index contributed by atoms with van der Waals surface area (Å²) in [5.41, 5.74) is 2.71. The average molecular weight is 445 g/mol. The molecule has 2 N–H and O–H groups in total. The SMILES string of the molecule is Cc1nc(NC(=O)C2CC2)sc1-c1nc(-c2ccccc2)c(-c2nc[nH]n2)s1.Cl. The molecule has 1 saturated carbocycles. The van der Waals surface area contributed by atoms with Gasteiger partial charge in [0.15, 0.2) is 11.0 Å². The maximum absolute atomic E-state index is 12.1. The van der Waals surface area contributed by atoms with Crippen LogP contribution in [0.3, 0.4) is 0 Å². The number of rotatable bonds is 5. The van der Waals surface area contributed by atoms with Gasteiger partial charge < -0.3 is 5.32 Å². The first-order valence-corrected chi connectivity index (χ1v) is 10.5. The van der Waals surface area contributed by atoms with E-state index in [1.54, 1.807) is 6.33 Å². The number of aromatic nitrogens is 5. The Bertz CT molecular complexity index is 1140. The van der Waals surface area contributed by atoms with Gasteiger partial charge in [-0.1, -0.05) is 41.7 Å². The minimum absolute atomic E-state index is 0. The van der Waals surface area contributed by atoms with Gasteiger partial charge in [0, 0.05) is 11.5 Å². The van der Waals surface area contributed by atoms with Crippen molar-refractivity contribution in [2.45, 2.75) is 19.8 Å². The highest BCUT2D eigenvalue weighted by molar-refractivity contribution is 7.25. The van der Waals surface area contributed by atoms with Crippen molar-refractivity contribution < 1.29 is 4.79 Å². The molecule has 29 heavy (non-hydrogen) atoms. The van der Waals surface area contributed by atoms with E-state index >= 15 is 0 Å². The van der Waals surface area contributed by atoms with Crippen LogP contribution in [0.2, 0.25) is 0 Å². The van der Waals surface area contributed by atoms with E-state index in [0.29, 0.717) is 11.0 Å². The Hall–Kier alpha value is -2.62. The number of hydrogen-bond acceptors (Lipinski definition) is 7. The lowest BCUT2D eigenvalue weighted by Crippen LogP contribution is -2.12. The number of nitrogens with one attached hydrogen (secondary N) is 2. The number of aryl methyl sites for hydroxylation is 1. The topological polar surface area (TPSA) is 96.5 Å². The molecule has 1 aromatic carbocycles. The summed E-state index contributed by atoms with van der Waals surface area (Å²) < 4.78 is 0. The van der Waals surface area contributed by atoms with Crippen molar-refractivity contribution in [1.29, 1.82) is 0 Å². The third-order valence-electron chi connectivity index (χ3n) is 4.46. The number of halogens is 1. The molecule has 1 amide bonds. The van der Waals surface area contributed by atoms with Gasteiger partial charge in [-0.3, -0.25) is 9.89 Å². The number of H-pyrrole nitrogens is 1. The smallest absolute Gasteiger partial charge is 0.229 e. The fourth-order valence-corrected chi connectivity index (χ4v) is 5.00. The van der Waals surface area contributed by atoms with Gasteiger partial charge >= 0.3 is 0 Å². The molecule has 3 aromatic heterocycles. The van der Waals surface area contributed by atoms with Crippen LogP contribution < -0.4 is 5.32 Å². The second-order valence-electron chi connectivity index (χ2n) is 6.58. The fourth-order valence-electron chi connectivity index (χ4n) is 2.88. The molecule has 0 bridgehead atoms. The van der Waals surface area contributed by atoms with Gasteiger partial charge in [0.1, 0.15) is 16.2 Å². The third kappa shape index (κ3) is 3.93. The summed E-state index contributed by atoms with van der Waals surface area (Å²) >= 11 is 2.99. The number of amides is 1. The van der Waals surface area contributed by atoms with E-state index < -0.39 is 0 Å². The quantitative estimate of drug-likeness (QED) is 0.461. The zero-order valence-electron chi connectivity index (χ0n) is 15.4. The molecule has 0 saturated heterocycles. The lowest BCUT2D eigenvalue weighted by Gasteiger charge is -1.98. The van der Waals surface area contributed by atoms with E-state index in [0.717, 1.165) is 44.6 Å². The minimum atomic E-state index is 0. The van der Waals surface area contributed by atoms with E-state index in [-0.39, 0.29) is 24.2 Å². The Morgan fingerprint density at radius 2 is 1.93 bits per heavy atom. The molecule has 0 radical (unpaired) electrons. The van der Waals surface area contributed by atoms with Gasteiger partial charge in [0.05, 0.1) is 16.3 Å². The van der Waals surface area contributed by atoms with Crippen molar-refractivity contribution in [3.8, 4) is 31.8 Å². The van der Waals surface area contributed by atoms with Crippen LogP contribution in [0.5, 0.6) is 0 Å². The summed E-state index contributed by atoms with van der Waals surface area (Å²) in [6.07, 6.45) is 3.50. The number of carbonyl (C=O) groups is 1. The summed E-state index contributed by atoms with van der Waals surface area (Å²) in [5.74, 6) is 0.826. The molecule has 0 unspecified atom stereocenters. The summed E-state index contributed by atoms with van der Waals surface area (Å²) in [7, 11) is 0. The zero-order valence-corrected chi connectivity index (χ0v) is 17.8. The van der Waals surface area contributed by atoms with Crippen LogP contribution in [0.25, 0.3) is 31.8 Å². The number of carbonyl (C=O) groups excluding carboxylic acids is 1. The molecular formula is C19H17ClN6OS2. The first-order valence-electron chi connectivity index (χ1n) is 8.90. The first kappa shape index (κ1) is 19.7. The van der Waals surface area contributed by atoms with Crippen molar-refractivity contribution in [3.05, 3.63) is 42.4 Å². The fraction of sp³-hybridized carbons (Fsp3) is 0.211. The van der Waals surface area contributed by atoms with Gasteiger partial charge in [-0.25, -0.2) is 15.0 Å². The molecular weight excluding hydrogens is 428 g/mol. The highest BCUT2D eigenvalue weighted by atomic mass is 35.5. The largest absolute Gasteiger partial charge is 0.302 e. The predicted octanol–water partition coefficient (Wildman–Crippen LogP) is 4.80. The van der Waals surface area contributed by atoms with E-state index in [9.17, 15) is 4.79 Å². The number of benzene rings is 1. The van der Waals surface area contributed by atoms with Crippen molar-refractivity contribution in [2.24, 2.45) is 5.92 Å². The number of thiazole rings is 2. The molecule has 4 aromatic rings. The molecule has 10 heteroatoms. The van der Waals surface area contributed by atoms with E-state index in [2.05, 4.69) is 25.5 Å². The molecule has 0 atom stereocenters. The first-order chi connectivity index (χ1) is 13.7. The van der Waals surface area contributed by atoms with Crippen molar-refractivity contribution in [1.82, 2.24) is 25.1 Å². The van der Waals surface area contributed by atoms with E-state index in [1.807, 2.05) is 37.3 Å². The highest BCUT2D eigenvalue weighted by Gasteiger charge is 2.30. The van der Waals surface area contributed by atoms with Gasteiger partial charge in [0.25, 0.3) is 0 Å². The van der Waals surface area contributed by atoms with Gasteiger partial charge in [-0.15, -0.1) is 23.7 Å². The minimum Gasteiger partial charge on any atom is -0.302 e. The second kappa shape index (κ2) is 8.02. The Balaban J connectivity index is 0.00000205. The standard InChI is InChI=1S/C19H16N6OS2.ClH/c1-10-14(28-19(22-10)24-17(26)12-7-8-12)18-23-13(11-5-3-2-4-6-11)15(27-18)16-20-9-21-25-16;/h2-6,9,12H,7-8H2,1H3,(H,20,21,25)(H,22,24,26);1H. The molecule has 1 aliphatic carbocycles. The van der Waals surface area contributed by atoms with Gasteiger partial charge in [-0.2, -0.15) is 5.10 Å². The summed E-state index contributed by atoms with van der Waals surface area (Å²) in [6.45, 7) is 1.94. The van der Waals surface area contributed by atoms with Crippen LogP contribution in [0.4, 0.5) is 5.13 Å². The normalized spacial score (nSPS) is 13.1. The molecule has 3 heterocycles. The van der Waals surface area contributed by atoms with E-state index in [4.69, 9.17) is 4.98 Å². The van der Waals surface area contributed by atoms with Crippen molar-refractivity contribution in [2.75, 3.05) is 5.32 Å².